The van der Waals surface area contributed by atoms with Crippen LogP contribution in [-0.2, 0) is 4.74 Å². The van der Waals surface area contributed by atoms with Gasteiger partial charge >= 0.3 is 5.97 Å². The number of halogens is 1. The average molecular weight is 281 g/mol. The van der Waals surface area contributed by atoms with Gasteiger partial charge in [-0.15, -0.1) is 0 Å². The first-order chi connectivity index (χ1) is 9.52. The van der Waals surface area contributed by atoms with Gasteiger partial charge in [0.15, 0.2) is 0 Å². The van der Waals surface area contributed by atoms with Gasteiger partial charge in [-0.1, -0.05) is 0 Å². The first-order valence-corrected chi connectivity index (χ1v) is 6.38. The Bertz CT molecular complexity index is 524. The fraction of sp³-hybridized carbons (Fsp3) is 0.429. The second kappa shape index (κ2) is 6.00. The molecule has 1 aliphatic rings. The molecule has 1 heterocycles. The first kappa shape index (κ1) is 14.5. The van der Waals surface area contributed by atoms with E-state index in [4.69, 9.17) is 9.84 Å². The van der Waals surface area contributed by atoms with Gasteiger partial charge in [-0.2, -0.15) is 0 Å². The number of hydrogen-bond acceptors (Lipinski definition) is 3. The van der Waals surface area contributed by atoms with Crippen LogP contribution in [0.1, 0.15) is 33.6 Å². The van der Waals surface area contributed by atoms with Crippen LogP contribution in [0.15, 0.2) is 18.2 Å². The minimum absolute atomic E-state index is 0.0918. The summed E-state index contributed by atoms with van der Waals surface area (Å²) in [4.78, 5) is 24.5. The number of hydrogen-bond donors (Lipinski definition) is 1. The van der Waals surface area contributed by atoms with Crippen LogP contribution < -0.4 is 0 Å². The van der Waals surface area contributed by atoms with Gasteiger partial charge in [-0.05, 0) is 31.0 Å². The van der Waals surface area contributed by atoms with Crippen molar-refractivity contribution < 1.29 is 23.8 Å². The monoisotopic (exact) mass is 281 g/mol. The molecule has 1 aromatic carbocycles. The number of piperidine rings is 1. The molecule has 0 aromatic heterocycles. The quantitative estimate of drug-likeness (QED) is 0.917. The number of rotatable bonds is 3. The maximum absolute atomic E-state index is 13.8. The van der Waals surface area contributed by atoms with E-state index in [0.717, 1.165) is 18.9 Å². The highest BCUT2D eigenvalue weighted by atomic mass is 19.1. The number of ether oxygens (including phenoxy) is 1. The van der Waals surface area contributed by atoms with Gasteiger partial charge in [0.05, 0.1) is 17.2 Å². The Labute approximate surface area is 116 Å². The molecule has 1 fully saturated rings. The van der Waals surface area contributed by atoms with Crippen molar-refractivity contribution in [2.75, 3.05) is 20.2 Å². The summed E-state index contributed by atoms with van der Waals surface area (Å²) in [7, 11) is 1.63. The van der Waals surface area contributed by atoms with E-state index in [2.05, 4.69) is 0 Å². The Kier molecular flexibility index (Phi) is 4.34. The number of amides is 1. The topological polar surface area (TPSA) is 66.8 Å². The Balaban J connectivity index is 2.12. The fourth-order valence-electron chi connectivity index (χ4n) is 2.29. The fourth-order valence-corrected chi connectivity index (χ4v) is 2.29. The lowest BCUT2D eigenvalue weighted by atomic mass is 10.1. The molecule has 5 nitrogen and oxygen atoms in total. The molecule has 0 radical (unpaired) electrons. The molecule has 1 amide bonds. The van der Waals surface area contributed by atoms with E-state index in [0.29, 0.717) is 13.1 Å². The second-order valence-electron chi connectivity index (χ2n) is 4.73. The highest BCUT2D eigenvalue weighted by molar-refractivity contribution is 5.96. The van der Waals surface area contributed by atoms with Crippen LogP contribution in [0.4, 0.5) is 4.39 Å². The normalized spacial score (nSPS) is 16.2. The number of carbonyl (C=O) groups excluding carboxylic acids is 1. The molecule has 1 N–H and O–H groups in total. The smallest absolute Gasteiger partial charge is 0.335 e. The molecule has 0 aliphatic carbocycles. The summed E-state index contributed by atoms with van der Waals surface area (Å²) in [5, 5.41) is 8.77. The summed E-state index contributed by atoms with van der Waals surface area (Å²) in [6, 6.07) is 3.33. The minimum Gasteiger partial charge on any atom is -0.478 e. The van der Waals surface area contributed by atoms with Crippen molar-refractivity contribution >= 4 is 11.9 Å². The van der Waals surface area contributed by atoms with Crippen molar-refractivity contribution in [3.63, 3.8) is 0 Å². The predicted molar refractivity (Wildman–Crippen MR) is 69.3 cm³/mol. The highest BCUT2D eigenvalue weighted by Gasteiger charge is 2.25. The van der Waals surface area contributed by atoms with Gasteiger partial charge in [0.1, 0.15) is 5.82 Å². The maximum Gasteiger partial charge on any atom is 0.335 e. The third-order valence-corrected chi connectivity index (χ3v) is 3.51. The standard InChI is InChI=1S/C14H16FNO4/c1-20-10-4-6-16(7-5-10)13(17)11-3-2-9(14(18)19)8-12(11)15/h2-3,8,10H,4-7H2,1H3,(H,18,19). The summed E-state index contributed by atoms with van der Waals surface area (Å²) >= 11 is 0. The van der Waals surface area contributed by atoms with E-state index in [1.165, 1.54) is 12.1 Å². The zero-order chi connectivity index (χ0) is 14.7. The third-order valence-electron chi connectivity index (χ3n) is 3.51. The molecule has 6 heteroatoms. The number of carboxylic acids is 1. The summed E-state index contributed by atoms with van der Waals surface area (Å²) in [5.41, 5.74) is -0.261. The molecular weight excluding hydrogens is 265 g/mol. The van der Waals surface area contributed by atoms with E-state index in [9.17, 15) is 14.0 Å². The molecule has 0 atom stereocenters. The van der Waals surface area contributed by atoms with Gasteiger partial charge in [0.2, 0.25) is 0 Å². The van der Waals surface area contributed by atoms with Gasteiger partial charge < -0.3 is 14.7 Å². The molecule has 20 heavy (non-hydrogen) atoms. The Morgan fingerprint density at radius 1 is 1.35 bits per heavy atom. The molecule has 2 rings (SSSR count). The Hall–Kier alpha value is -1.95. The lowest BCUT2D eigenvalue weighted by Gasteiger charge is -2.31. The predicted octanol–water partition coefficient (Wildman–Crippen LogP) is 1.77. The number of benzene rings is 1. The lowest BCUT2D eigenvalue weighted by Crippen LogP contribution is -2.40. The molecule has 0 unspecified atom stereocenters. The number of methoxy groups -OCH3 is 1. The number of nitrogens with zero attached hydrogens (tertiary/aromatic N) is 1. The third kappa shape index (κ3) is 2.96. The van der Waals surface area contributed by atoms with Crippen molar-refractivity contribution in [2.45, 2.75) is 18.9 Å². The minimum atomic E-state index is -1.22. The SMILES string of the molecule is COC1CCN(C(=O)c2ccc(C(=O)O)cc2F)CC1. The van der Waals surface area contributed by atoms with E-state index in [1.807, 2.05) is 0 Å². The van der Waals surface area contributed by atoms with Crippen LogP contribution in [0.2, 0.25) is 0 Å². The zero-order valence-corrected chi connectivity index (χ0v) is 11.1. The molecule has 0 bridgehead atoms. The summed E-state index contributed by atoms with van der Waals surface area (Å²) in [6.45, 7) is 1.02. The first-order valence-electron chi connectivity index (χ1n) is 6.38. The Morgan fingerprint density at radius 3 is 2.50 bits per heavy atom. The van der Waals surface area contributed by atoms with Crippen LogP contribution in [0.3, 0.4) is 0 Å². The maximum atomic E-state index is 13.8. The summed E-state index contributed by atoms with van der Waals surface area (Å²) in [6.07, 6.45) is 1.58. The summed E-state index contributed by atoms with van der Waals surface area (Å²) < 4.78 is 19.0. The number of likely N-dealkylation sites (tertiary alicyclic amines) is 1. The number of carbonyl (C=O) groups is 2. The molecule has 1 aliphatic heterocycles. The molecule has 0 saturated carbocycles. The van der Waals surface area contributed by atoms with E-state index < -0.39 is 17.7 Å². The van der Waals surface area contributed by atoms with Gasteiger partial charge in [-0.25, -0.2) is 9.18 Å². The largest absolute Gasteiger partial charge is 0.478 e. The second-order valence-corrected chi connectivity index (χ2v) is 4.73. The molecule has 108 valence electrons. The van der Waals surface area contributed by atoms with Crippen LogP contribution in [0, 0.1) is 5.82 Å². The van der Waals surface area contributed by atoms with Crippen LogP contribution in [0.5, 0.6) is 0 Å². The van der Waals surface area contributed by atoms with Crippen molar-refractivity contribution in [2.24, 2.45) is 0 Å². The highest BCUT2D eigenvalue weighted by Crippen LogP contribution is 2.18. The van der Waals surface area contributed by atoms with Crippen LogP contribution >= 0.6 is 0 Å². The van der Waals surface area contributed by atoms with Crippen molar-refractivity contribution in [3.05, 3.63) is 35.1 Å². The van der Waals surface area contributed by atoms with E-state index >= 15 is 0 Å². The Morgan fingerprint density at radius 2 is 2.00 bits per heavy atom. The molecule has 0 spiro atoms. The van der Waals surface area contributed by atoms with E-state index in [-0.39, 0.29) is 17.2 Å². The van der Waals surface area contributed by atoms with Crippen molar-refractivity contribution in [1.29, 1.82) is 0 Å². The van der Waals surface area contributed by atoms with Gasteiger partial charge in [0, 0.05) is 20.2 Å². The zero-order valence-electron chi connectivity index (χ0n) is 11.1. The van der Waals surface area contributed by atoms with E-state index in [1.54, 1.807) is 12.0 Å². The van der Waals surface area contributed by atoms with Gasteiger partial charge in [-0.3, -0.25) is 4.79 Å². The number of aromatic carboxylic acids is 1. The van der Waals surface area contributed by atoms with Crippen LogP contribution in [0.25, 0.3) is 0 Å². The molecule has 1 aromatic rings. The summed E-state index contributed by atoms with van der Waals surface area (Å²) in [5.74, 6) is -2.43. The van der Waals surface area contributed by atoms with Gasteiger partial charge in [0.25, 0.3) is 5.91 Å². The average Bonchev–Trinajstić information content (AvgIpc) is 2.46. The van der Waals surface area contributed by atoms with Crippen LogP contribution in [-0.4, -0.2) is 48.2 Å². The van der Waals surface area contributed by atoms with Crippen molar-refractivity contribution in [3.8, 4) is 0 Å². The molecular formula is C14H16FNO4. The number of carboxylic acid groups (broad SMARTS) is 1. The van der Waals surface area contributed by atoms with Crippen molar-refractivity contribution in [1.82, 2.24) is 4.90 Å². The lowest BCUT2D eigenvalue weighted by molar-refractivity contribution is 0.0348. The molecule has 1 saturated heterocycles.